The van der Waals surface area contributed by atoms with E-state index in [1.807, 2.05) is 18.2 Å². The molecule has 0 amide bonds. The van der Waals surface area contributed by atoms with Crippen molar-refractivity contribution in [2.24, 2.45) is 0 Å². The van der Waals surface area contributed by atoms with E-state index < -0.39 is 5.76 Å². The van der Waals surface area contributed by atoms with Crippen LogP contribution in [0.4, 0.5) is 5.69 Å². The van der Waals surface area contributed by atoms with E-state index in [4.69, 9.17) is 0 Å². The van der Waals surface area contributed by atoms with E-state index in [1.54, 1.807) is 6.20 Å². The van der Waals surface area contributed by atoms with Crippen molar-refractivity contribution in [2.45, 2.75) is 12.5 Å². The van der Waals surface area contributed by atoms with E-state index in [0.717, 1.165) is 35.1 Å². The molecular formula is C14H14N4O3. The third-order valence-electron chi connectivity index (χ3n) is 3.89. The smallest absolute Gasteiger partial charge is 0.391 e. The minimum Gasteiger partial charge on any atom is -0.391 e. The lowest BCUT2D eigenvalue weighted by Gasteiger charge is -2.17. The van der Waals surface area contributed by atoms with E-state index in [1.165, 1.54) is 0 Å². The molecule has 0 saturated carbocycles. The Morgan fingerprint density at radius 3 is 3.05 bits per heavy atom. The Kier molecular flexibility index (Phi) is 2.61. The first-order valence-corrected chi connectivity index (χ1v) is 6.81. The number of aliphatic hydroxyl groups excluding tert-OH is 1. The zero-order valence-corrected chi connectivity index (χ0v) is 11.2. The molecule has 108 valence electrons. The molecule has 1 saturated heterocycles. The molecule has 7 nitrogen and oxygen atoms in total. The van der Waals surface area contributed by atoms with Crippen LogP contribution in [0, 0.1) is 0 Å². The molecule has 1 aliphatic heterocycles. The number of aromatic nitrogens is 3. The number of β-amino-alcohol motifs (C(OH)–C–C–N with tert-alkyl or cyclic N) is 1. The number of rotatable bonds is 2. The number of aromatic amines is 2. The molecule has 3 heterocycles. The monoisotopic (exact) mass is 286 g/mol. The normalized spacial score (nSPS) is 18.7. The number of hydrogen-bond donors (Lipinski definition) is 3. The van der Waals surface area contributed by atoms with Gasteiger partial charge in [0.2, 0.25) is 0 Å². The summed E-state index contributed by atoms with van der Waals surface area (Å²) in [7, 11) is 0. The lowest BCUT2D eigenvalue weighted by atomic mass is 10.1. The standard InChI is InChI=1S/C14H14N4O3/c19-9-3-4-18(7-9)8-1-2-12-10(5-8)11(6-15-12)13-16-14(20)21-17-13/h1-2,5-6,9,15,19H,3-4,7H2,(H,16,17,20)/t9-/m0/s1. The molecule has 21 heavy (non-hydrogen) atoms. The van der Waals surface area contributed by atoms with Crippen LogP contribution in [-0.4, -0.2) is 39.4 Å². The van der Waals surface area contributed by atoms with Crippen molar-refractivity contribution in [1.29, 1.82) is 0 Å². The molecule has 0 unspecified atom stereocenters. The van der Waals surface area contributed by atoms with Crippen molar-refractivity contribution in [3.05, 3.63) is 34.9 Å². The molecule has 0 aliphatic carbocycles. The van der Waals surface area contributed by atoms with Crippen molar-refractivity contribution in [1.82, 2.24) is 15.1 Å². The summed E-state index contributed by atoms with van der Waals surface area (Å²) in [6, 6.07) is 6.04. The van der Waals surface area contributed by atoms with Crippen LogP contribution in [0.1, 0.15) is 6.42 Å². The molecule has 1 fully saturated rings. The summed E-state index contributed by atoms with van der Waals surface area (Å²) < 4.78 is 4.56. The maximum absolute atomic E-state index is 11.1. The second-order valence-corrected chi connectivity index (χ2v) is 5.26. The number of hydrogen-bond acceptors (Lipinski definition) is 5. The van der Waals surface area contributed by atoms with Gasteiger partial charge in [-0.05, 0) is 24.6 Å². The van der Waals surface area contributed by atoms with Gasteiger partial charge in [-0.3, -0.25) is 9.51 Å². The van der Waals surface area contributed by atoms with Crippen molar-refractivity contribution in [3.8, 4) is 11.4 Å². The topological polar surface area (TPSA) is 98.2 Å². The lowest BCUT2D eigenvalue weighted by molar-refractivity contribution is 0.198. The number of benzene rings is 1. The molecule has 0 bridgehead atoms. The van der Waals surface area contributed by atoms with Crippen LogP contribution in [-0.2, 0) is 0 Å². The van der Waals surface area contributed by atoms with Crippen molar-refractivity contribution < 1.29 is 9.63 Å². The first kappa shape index (κ1) is 12.2. The average molecular weight is 286 g/mol. The van der Waals surface area contributed by atoms with Crippen LogP contribution < -0.4 is 10.7 Å². The fraction of sp³-hybridized carbons (Fsp3) is 0.286. The Labute approximate surface area is 119 Å². The maximum atomic E-state index is 11.1. The van der Waals surface area contributed by atoms with E-state index in [-0.39, 0.29) is 6.10 Å². The lowest BCUT2D eigenvalue weighted by Crippen LogP contribution is -2.20. The Hall–Kier alpha value is -2.54. The van der Waals surface area contributed by atoms with Gasteiger partial charge in [0.1, 0.15) is 0 Å². The van der Waals surface area contributed by atoms with Crippen LogP contribution in [0.5, 0.6) is 0 Å². The minimum atomic E-state index is -0.571. The van der Waals surface area contributed by atoms with Gasteiger partial charge in [-0.25, -0.2) is 4.79 Å². The summed E-state index contributed by atoms with van der Waals surface area (Å²) in [6.07, 6.45) is 2.31. The van der Waals surface area contributed by atoms with Gasteiger partial charge in [-0.1, -0.05) is 5.16 Å². The maximum Gasteiger partial charge on any atom is 0.439 e. The molecule has 0 spiro atoms. The summed E-state index contributed by atoms with van der Waals surface area (Å²) in [5.41, 5.74) is 2.79. The van der Waals surface area contributed by atoms with E-state index in [0.29, 0.717) is 12.4 Å². The highest BCUT2D eigenvalue weighted by molar-refractivity contribution is 5.95. The highest BCUT2D eigenvalue weighted by Crippen LogP contribution is 2.30. The van der Waals surface area contributed by atoms with Gasteiger partial charge >= 0.3 is 5.76 Å². The third-order valence-corrected chi connectivity index (χ3v) is 3.89. The summed E-state index contributed by atoms with van der Waals surface area (Å²) in [4.78, 5) is 19.0. The quantitative estimate of drug-likeness (QED) is 0.655. The summed E-state index contributed by atoms with van der Waals surface area (Å²) in [5.74, 6) is -0.164. The summed E-state index contributed by atoms with van der Waals surface area (Å²) in [5, 5.41) is 14.3. The van der Waals surface area contributed by atoms with Crippen molar-refractivity contribution in [2.75, 3.05) is 18.0 Å². The van der Waals surface area contributed by atoms with Crippen LogP contribution in [0.2, 0.25) is 0 Å². The number of H-pyrrole nitrogens is 2. The zero-order valence-electron chi connectivity index (χ0n) is 11.2. The van der Waals surface area contributed by atoms with E-state index in [9.17, 15) is 9.90 Å². The van der Waals surface area contributed by atoms with Gasteiger partial charge in [0, 0.05) is 41.4 Å². The predicted molar refractivity (Wildman–Crippen MR) is 77.3 cm³/mol. The second-order valence-electron chi connectivity index (χ2n) is 5.26. The van der Waals surface area contributed by atoms with Gasteiger partial charge in [0.05, 0.1) is 6.10 Å². The van der Waals surface area contributed by atoms with E-state index in [2.05, 4.69) is 24.5 Å². The largest absolute Gasteiger partial charge is 0.439 e. The van der Waals surface area contributed by atoms with Gasteiger partial charge in [-0.2, -0.15) is 0 Å². The predicted octanol–water partition coefficient (Wildman–Crippen LogP) is 1.08. The average Bonchev–Trinajstić information content (AvgIpc) is 3.17. The second kappa shape index (κ2) is 4.49. The molecule has 7 heteroatoms. The number of nitrogens with zero attached hydrogens (tertiary/aromatic N) is 2. The fourth-order valence-electron chi connectivity index (χ4n) is 2.82. The van der Waals surface area contributed by atoms with Crippen molar-refractivity contribution >= 4 is 16.6 Å². The Morgan fingerprint density at radius 1 is 1.43 bits per heavy atom. The van der Waals surface area contributed by atoms with Gasteiger partial charge in [0.15, 0.2) is 5.82 Å². The highest BCUT2D eigenvalue weighted by atomic mass is 16.5. The summed E-state index contributed by atoms with van der Waals surface area (Å²) >= 11 is 0. The Bertz CT molecular complexity index is 847. The van der Waals surface area contributed by atoms with Gasteiger partial charge in [0.25, 0.3) is 0 Å². The Balaban J connectivity index is 1.81. The third kappa shape index (κ3) is 2.02. The van der Waals surface area contributed by atoms with E-state index >= 15 is 0 Å². The first-order valence-electron chi connectivity index (χ1n) is 6.81. The molecule has 3 N–H and O–H groups in total. The molecule has 3 aromatic rings. The number of fused-ring (bicyclic) bond motifs is 1. The minimum absolute atomic E-state index is 0.265. The molecule has 1 aliphatic rings. The number of nitrogens with one attached hydrogen (secondary N) is 2. The van der Waals surface area contributed by atoms with Gasteiger partial charge in [-0.15, -0.1) is 0 Å². The van der Waals surface area contributed by atoms with Crippen LogP contribution in [0.3, 0.4) is 0 Å². The van der Waals surface area contributed by atoms with Crippen LogP contribution >= 0.6 is 0 Å². The molecule has 1 aromatic carbocycles. The SMILES string of the molecule is O=c1[nH]c(-c2c[nH]c3ccc(N4CC[C@H](O)C4)cc23)no1. The molecule has 4 rings (SSSR count). The first-order chi connectivity index (χ1) is 10.2. The number of aliphatic hydroxyl groups is 1. The highest BCUT2D eigenvalue weighted by Gasteiger charge is 2.21. The van der Waals surface area contributed by atoms with Crippen LogP contribution in [0.15, 0.2) is 33.7 Å². The molecule has 0 radical (unpaired) electrons. The number of anilines is 1. The molecule has 1 atom stereocenters. The Morgan fingerprint density at radius 2 is 2.33 bits per heavy atom. The molecular weight excluding hydrogens is 272 g/mol. The fourth-order valence-corrected chi connectivity index (χ4v) is 2.82. The summed E-state index contributed by atoms with van der Waals surface area (Å²) in [6.45, 7) is 1.49. The zero-order chi connectivity index (χ0) is 14.4. The van der Waals surface area contributed by atoms with Crippen molar-refractivity contribution in [3.63, 3.8) is 0 Å². The van der Waals surface area contributed by atoms with Gasteiger partial charge < -0.3 is 15.0 Å². The van der Waals surface area contributed by atoms with Crippen LogP contribution in [0.25, 0.3) is 22.3 Å². The molecule has 2 aromatic heterocycles.